The Morgan fingerprint density at radius 3 is 2.88 bits per heavy atom. The summed E-state index contributed by atoms with van der Waals surface area (Å²) in [4.78, 5) is 29.9. The van der Waals surface area contributed by atoms with Crippen LogP contribution in [0.2, 0.25) is 0 Å². The van der Waals surface area contributed by atoms with E-state index in [0.29, 0.717) is 16.5 Å². The highest BCUT2D eigenvalue weighted by molar-refractivity contribution is 5.97. The summed E-state index contributed by atoms with van der Waals surface area (Å²) in [5, 5.41) is 3.61. The second-order valence-electron chi connectivity index (χ2n) is 7.04. The molecular weight excluding hydrogens is 314 g/mol. The van der Waals surface area contributed by atoms with Crippen LogP contribution in [0.3, 0.4) is 0 Å². The summed E-state index contributed by atoms with van der Waals surface area (Å²) in [5.41, 5.74) is 1.22. The van der Waals surface area contributed by atoms with Crippen molar-refractivity contribution in [3.63, 3.8) is 0 Å². The minimum Gasteiger partial charge on any atom is -0.350 e. The average Bonchev–Trinajstić information content (AvgIpc) is 2.56. The van der Waals surface area contributed by atoms with E-state index in [-0.39, 0.29) is 17.5 Å². The smallest absolute Gasteiger partial charge is 0.261 e. The van der Waals surface area contributed by atoms with E-state index in [2.05, 4.69) is 12.2 Å². The normalized spacial score (nSPS) is 15.9. The Hall–Kier alpha value is -2.17. The van der Waals surface area contributed by atoms with Crippen LogP contribution in [0.1, 0.15) is 68.6 Å². The van der Waals surface area contributed by atoms with Crippen molar-refractivity contribution >= 4 is 16.8 Å². The van der Waals surface area contributed by atoms with Crippen molar-refractivity contribution in [1.29, 1.82) is 0 Å². The maximum Gasteiger partial charge on any atom is 0.261 e. The molecule has 1 aromatic carbocycles. The van der Waals surface area contributed by atoms with Gasteiger partial charge in [0.1, 0.15) is 5.82 Å². The van der Waals surface area contributed by atoms with E-state index in [1.807, 2.05) is 11.5 Å². The molecule has 0 aliphatic carbocycles. The van der Waals surface area contributed by atoms with Crippen LogP contribution in [-0.2, 0) is 13.0 Å². The topological polar surface area (TPSA) is 64.0 Å². The highest BCUT2D eigenvalue weighted by Gasteiger charge is 2.15. The lowest BCUT2D eigenvalue weighted by molar-refractivity contribution is 0.0938. The highest BCUT2D eigenvalue weighted by atomic mass is 16.1. The number of aromatic nitrogens is 2. The zero-order valence-corrected chi connectivity index (χ0v) is 15.2. The van der Waals surface area contributed by atoms with E-state index >= 15 is 0 Å². The largest absolute Gasteiger partial charge is 0.350 e. The fourth-order valence-corrected chi connectivity index (χ4v) is 3.55. The first-order valence-corrected chi connectivity index (χ1v) is 9.44. The molecule has 3 rings (SSSR count). The number of amides is 1. The number of rotatable bonds is 4. The Morgan fingerprint density at radius 2 is 2.08 bits per heavy atom. The molecule has 0 radical (unpaired) electrons. The van der Waals surface area contributed by atoms with Crippen molar-refractivity contribution < 1.29 is 4.79 Å². The van der Waals surface area contributed by atoms with Crippen LogP contribution in [-0.4, -0.2) is 21.5 Å². The lowest BCUT2D eigenvalue weighted by Crippen LogP contribution is -2.32. The van der Waals surface area contributed by atoms with Crippen molar-refractivity contribution in [3.05, 3.63) is 39.9 Å². The van der Waals surface area contributed by atoms with Crippen LogP contribution in [0.15, 0.2) is 23.0 Å². The van der Waals surface area contributed by atoms with Crippen LogP contribution < -0.4 is 10.9 Å². The van der Waals surface area contributed by atoms with Gasteiger partial charge in [0.15, 0.2) is 0 Å². The second-order valence-corrected chi connectivity index (χ2v) is 7.04. The van der Waals surface area contributed by atoms with Gasteiger partial charge in [-0.25, -0.2) is 4.98 Å². The van der Waals surface area contributed by atoms with Crippen molar-refractivity contribution in [2.75, 3.05) is 0 Å². The molecule has 134 valence electrons. The molecule has 1 unspecified atom stereocenters. The zero-order chi connectivity index (χ0) is 17.8. The van der Waals surface area contributed by atoms with Gasteiger partial charge in [0.2, 0.25) is 0 Å². The van der Waals surface area contributed by atoms with E-state index in [1.54, 1.807) is 18.2 Å². The molecule has 0 fully saturated rings. The molecule has 1 aliphatic heterocycles. The lowest BCUT2D eigenvalue weighted by atomic mass is 10.1. The van der Waals surface area contributed by atoms with E-state index < -0.39 is 0 Å². The Kier molecular flexibility index (Phi) is 5.51. The number of aryl methyl sites for hydroxylation is 1. The predicted molar refractivity (Wildman–Crippen MR) is 100 cm³/mol. The van der Waals surface area contributed by atoms with Crippen molar-refractivity contribution in [3.8, 4) is 0 Å². The molecule has 2 aromatic rings. The van der Waals surface area contributed by atoms with Gasteiger partial charge < -0.3 is 5.32 Å². The van der Waals surface area contributed by atoms with Crippen LogP contribution in [0.4, 0.5) is 0 Å². The molecule has 1 amide bonds. The first-order chi connectivity index (χ1) is 12.1. The Balaban J connectivity index is 1.96. The van der Waals surface area contributed by atoms with Gasteiger partial charge in [-0.15, -0.1) is 0 Å². The Labute approximate surface area is 148 Å². The first-order valence-electron chi connectivity index (χ1n) is 9.44. The number of fused-ring (bicyclic) bond motifs is 2. The van der Waals surface area contributed by atoms with Crippen LogP contribution in [0, 0.1) is 0 Å². The predicted octanol–water partition coefficient (Wildman–Crippen LogP) is 3.43. The highest BCUT2D eigenvalue weighted by Crippen LogP contribution is 2.16. The average molecular weight is 341 g/mol. The molecule has 1 N–H and O–H groups in total. The molecule has 0 saturated heterocycles. The van der Waals surface area contributed by atoms with E-state index in [1.165, 1.54) is 12.8 Å². The molecular formula is C20H27N3O2. The van der Waals surface area contributed by atoms with Gasteiger partial charge in [-0.1, -0.05) is 26.2 Å². The van der Waals surface area contributed by atoms with Gasteiger partial charge in [0.25, 0.3) is 11.5 Å². The Morgan fingerprint density at radius 1 is 1.28 bits per heavy atom. The molecule has 2 heterocycles. The molecule has 0 saturated carbocycles. The van der Waals surface area contributed by atoms with Crippen molar-refractivity contribution in [1.82, 2.24) is 14.9 Å². The molecule has 25 heavy (non-hydrogen) atoms. The quantitative estimate of drug-likeness (QED) is 0.926. The number of hydrogen-bond acceptors (Lipinski definition) is 3. The summed E-state index contributed by atoms with van der Waals surface area (Å²) in [5.74, 6) is 0.755. The van der Waals surface area contributed by atoms with Gasteiger partial charge >= 0.3 is 0 Å². The van der Waals surface area contributed by atoms with Gasteiger partial charge in [0, 0.05) is 24.6 Å². The number of hydrogen-bond donors (Lipinski definition) is 1. The number of nitrogens with one attached hydrogen (secondary N) is 1. The Bertz CT molecular complexity index is 826. The van der Waals surface area contributed by atoms with Crippen LogP contribution >= 0.6 is 0 Å². The van der Waals surface area contributed by atoms with Gasteiger partial charge in [-0.05, 0) is 44.4 Å². The summed E-state index contributed by atoms with van der Waals surface area (Å²) in [6.07, 6.45) is 7.25. The number of benzene rings is 1. The van der Waals surface area contributed by atoms with E-state index in [0.717, 1.165) is 44.5 Å². The third-order valence-corrected chi connectivity index (χ3v) is 4.93. The molecule has 1 aromatic heterocycles. The number of carbonyl (C=O) groups excluding carboxylic acids is 1. The van der Waals surface area contributed by atoms with Gasteiger partial charge in [-0.2, -0.15) is 0 Å². The summed E-state index contributed by atoms with van der Waals surface area (Å²) >= 11 is 0. The number of carbonyl (C=O) groups is 1. The lowest BCUT2D eigenvalue weighted by Gasteiger charge is -2.17. The first kappa shape index (κ1) is 17.6. The number of nitrogens with zero attached hydrogens (tertiary/aromatic N) is 2. The molecule has 1 aliphatic rings. The fraction of sp³-hybridized carbons (Fsp3) is 0.550. The molecule has 0 bridgehead atoms. The SMILES string of the molecule is CCCC(C)NC(=O)c1ccc2c(=O)n3c(nc2c1)CCCCCC3. The fourth-order valence-electron chi connectivity index (χ4n) is 3.55. The third kappa shape index (κ3) is 3.91. The third-order valence-electron chi connectivity index (χ3n) is 4.93. The van der Waals surface area contributed by atoms with Crippen molar-refractivity contribution in [2.45, 2.75) is 71.4 Å². The monoisotopic (exact) mass is 341 g/mol. The summed E-state index contributed by atoms with van der Waals surface area (Å²) in [6.45, 7) is 4.85. The van der Waals surface area contributed by atoms with Gasteiger partial charge in [-0.3, -0.25) is 14.2 Å². The van der Waals surface area contributed by atoms with Crippen LogP contribution in [0.5, 0.6) is 0 Å². The summed E-state index contributed by atoms with van der Waals surface area (Å²) < 4.78 is 1.82. The minimum atomic E-state index is -0.100. The molecule has 0 spiro atoms. The zero-order valence-electron chi connectivity index (χ0n) is 15.2. The molecule has 5 heteroatoms. The molecule has 5 nitrogen and oxygen atoms in total. The maximum atomic E-state index is 12.8. The van der Waals surface area contributed by atoms with E-state index in [9.17, 15) is 9.59 Å². The van der Waals surface area contributed by atoms with Crippen LogP contribution in [0.25, 0.3) is 10.9 Å². The maximum absolute atomic E-state index is 12.8. The standard InChI is InChI=1S/C20H27N3O2/c1-3-8-14(2)21-19(24)15-10-11-16-17(13-15)22-18-9-6-4-5-7-12-23(18)20(16)25/h10-11,13-14H,3-9,12H2,1-2H3,(H,21,24). The summed E-state index contributed by atoms with van der Waals surface area (Å²) in [7, 11) is 0. The van der Waals surface area contributed by atoms with E-state index in [4.69, 9.17) is 4.98 Å². The second kappa shape index (κ2) is 7.81. The van der Waals surface area contributed by atoms with Crippen molar-refractivity contribution in [2.24, 2.45) is 0 Å². The van der Waals surface area contributed by atoms with Gasteiger partial charge in [0.05, 0.1) is 10.9 Å². The summed E-state index contributed by atoms with van der Waals surface area (Å²) in [6, 6.07) is 5.37. The molecule has 1 atom stereocenters. The minimum absolute atomic E-state index is 0.0215.